The lowest BCUT2D eigenvalue weighted by Crippen LogP contribution is -2.49. The van der Waals surface area contributed by atoms with Gasteiger partial charge in [0.1, 0.15) is 0 Å². The van der Waals surface area contributed by atoms with E-state index in [1.807, 2.05) is 36.1 Å². The van der Waals surface area contributed by atoms with E-state index in [1.165, 1.54) is 0 Å². The molecule has 6 nitrogen and oxygen atoms in total. The van der Waals surface area contributed by atoms with Crippen molar-refractivity contribution in [2.24, 2.45) is 11.7 Å². The van der Waals surface area contributed by atoms with Crippen LogP contribution in [0.15, 0.2) is 30.5 Å². The van der Waals surface area contributed by atoms with Gasteiger partial charge in [0, 0.05) is 19.1 Å². The number of hydrogen-bond acceptors (Lipinski definition) is 4. The van der Waals surface area contributed by atoms with Crippen LogP contribution in [0.2, 0.25) is 0 Å². The molecule has 1 saturated heterocycles. The van der Waals surface area contributed by atoms with E-state index >= 15 is 0 Å². The van der Waals surface area contributed by atoms with Crippen molar-refractivity contribution in [3.05, 3.63) is 41.7 Å². The van der Waals surface area contributed by atoms with Gasteiger partial charge in [0.25, 0.3) is 5.91 Å². The maximum Gasteiger partial charge on any atom is 0.276 e. The summed E-state index contributed by atoms with van der Waals surface area (Å²) < 4.78 is 1.64. The second-order valence-corrected chi connectivity index (χ2v) is 6.40. The molecule has 0 spiro atoms. The molecule has 1 aromatic carbocycles. The predicted molar refractivity (Wildman–Crippen MR) is 88.4 cm³/mol. The molecule has 0 aliphatic carbocycles. The first-order valence-electron chi connectivity index (χ1n) is 8.09. The highest BCUT2D eigenvalue weighted by atomic mass is 16.2. The lowest BCUT2D eigenvalue weighted by Gasteiger charge is -2.37. The zero-order valence-electron chi connectivity index (χ0n) is 13.6. The summed E-state index contributed by atoms with van der Waals surface area (Å²) in [6.45, 7) is 5.45. The average Bonchev–Trinajstić information content (AvgIpc) is 3.04. The number of nitrogens with two attached hydrogens (primary N) is 1. The molecule has 3 rings (SSSR count). The number of rotatable bonds is 3. The molecule has 1 aliphatic rings. The largest absolute Gasteiger partial charge is 0.333 e. The predicted octanol–water partition coefficient (Wildman–Crippen LogP) is 1.78. The highest BCUT2D eigenvalue weighted by Gasteiger charge is 2.30. The van der Waals surface area contributed by atoms with Crippen LogP contribution in [0.4, 0.5) is 0 Å². The molecular weight excluding hydrogens is 290 g/mol. The van der Waals surface area contributed by atoms with Crippen LogP contribution in [0, 0.1) is 12.8 Å². The molecule has 2 N–H and O–H groups in total. The zero-order valence-corrected chi connectivity index (χ0v) is 13.6. The zero-order chi connectivity index (χ0) is 16.4. The topological polar surface area (TPSA) is 77.0 Å². The fourth-order valence-corrected chi connectivity index (χ4v) is 3.15. The number of aromatic nitrogens is 3. The number of piperidine rings is 1. The third-order valence-electron chi connectivity index (χ3n) is 4.49. The number of nitrogens with zero attached hydrogens (tertiary/aromatic N) is 4. The Balaban J connectivity index is 1.81. The van der Waals surface area contributed by atoms with Gasteiger partial charge in [-0.1, -0.05) is 24.3 Å². The first-order valence-corrected chi connectivity index (χ1v) is 8.09. The Bertz CT molecular complexity index is 696. The third-order valence-corrected chi connectivity index (χ3v) is 4.49. The van der Waals surface area contributed by atoms with Crippen molar-refractivity contribution in [3.8, 4) is 5.69 Å². The van der Waals surface area contributed by atoms with Crippen molar-refractivity contribution in [2.45, 2.75) is 32.7 Å². The average molecular weight is 313 g/mol. The Morgan fingerprint density at radius 1 is 1.43 bits per heavy atom. The maximum atomic E-state index is 12.7. The van der Waals surface area contributed by atoms with E-state index in [4.69, 9.17) is 5.73 Å². The summed E-state index contributed by atoms with van der Waals surface area (Å²) in [6.07, 6.45) is 3.66. The molecule has 2 atom stereocenters. The van der Waals surface area contributed by atoms with Crippen molar-refractivity contribution in [1.29, 1.82) is 0 Å². The molecule has 1 aliphatic heterocycles. The molecule has 0 radical (unpaired) electrons. The van der Waals surface area contributed by atoms with Gasteiger partial charge in [-0.15, -0.1) is 5.10 Å². The van der Waals surface area contributed by atoms with Gasteiger partial charge >= 0.3 is 0 Å². The summed E-state index contributed by atoms with van der Waals surface area (Å²) in [6, 6.07) is 8.03. The minimum absolute atomic E-state index is 0.0775. The number of aryl methyl sites for hydroxylation is 1. The summed E-state index contributed by atoms with van der Waals surface area (Å²) in [7, 11) is 0. The number of carbonyl (C=O) groups is 1. The molecule has 6 heteroatoms. The minimum Gasteiger partial charge on any atom is -0.333 e. The van der Waals surface area contributed by atoms with Gasteiger partial charge in [0.2, 0.25) is 0 Å². The summed E-state index contributed by atoms with van der Waals surface area (Å²) in [5.74, 6) is 0.529. The number of amides is 1. The highest BCUT2D eigenvalue weighted by Crippen LogP contribution is 2.23. The van der Waals surface area contributed by atoms with Crippen LogP contribution < -0.4 is 5.73 Å². The van der Waals surface area contributed by atoms with Gasteiger partial charge in [-0.25, -0.2) is 4.68 Å². The molecule has 2 aromatic rings. The van der Waals surface area contributed by atoms with Gasteiger partial charge in [0.15, 0.2) is 5.69 Å². The fraction of sp³-hybridized carbons (Fsp3) is 0.471. The quantitative estimate of drug-likeness (QED) is 0.937. The van der Waals surface area contributed by atoms with Gasteiger partial charge in [-0.2, -0.15) is 0 Å². The van der Waals surface area contributed by atoms with E-state index < -0.39 is 0 Å². The van der Waals surface area contributed by atoms with Gasteiger partial charge in [-0.3, -0.25) is 4.79 Å². The summed E-state index contributed by atoms with van der Waals surface area (Å²) >= 11 is 0. The molecule has 2 unspecified atom stereocenters. The number of likely N-dealkylation sites (tertiary alicyclic amines) is 1. The smallest absolute Gasteiger partial charge is 0.276 e. The molecule has 122 valence electrons. The normalized spacial score (nSPS) is 21.4. The Kier molecular flexibility index (Phi) is 4.43. The highest BCUT2D eigenvalue weighted by molar-refractivity contribution is 5.92. The van der Waals surface area contributed by atoms with E-state index in [0.717, 1.165) is 30.6 Å². The van der Waals surface area contributed by atoms with Crippen molar-refractivity contribution < 1.29 is 4.79 Å². The van der Waals surface area contributed by atoms with Crippen LogP contribution in [-0.4, -0.2) is 44.9 Å². The Morgan fingerprint density at radius 3 is 3.00 bits per heavy atom. The number of benzene rings is 1. The third kappa shape index (κ3) is 3.27. The maximum absolute atomic E-state index is 12.7. The number of hydrogen-bond donors (Lipinski definition) is 1. The van der Waals surface area contributed by atoms with E-state index in [1.54, 1.807) is 10.9 Å². The van der Waals surface area contributed by atoms with E-state index in [-0.39, 0.29) is 11.9 Å². The number of carbonyl (C=O) groups excluding carboxylic acids is 1. The fourth-order valence-electron chi connectivity index (χ4n) is 3.15. The Labute approximate surface area is 136 Å². The summed E-state index contributed by atoms with van der Waals surface area (Å²) in [4.78, 5) is 14.6. The first-order chi connectivity index (χ1) is 11.1. The van der Waals surface area contributed by atoms with E-state index in [0.29, 0.717) is 18.2 Å². The van der Waals surface area contributed by atoms with Crippen molar-refractivity contribution in [3.63, 3.8) is 0 Å². The van der Waals surface area contributed by atoms with Gasteiger partial charge in [0.05, 0.1) is 11.9 Å². The molecule has 1 amide bonds. The van der Waals surface area contributed by atoms with Crippen LogP contribution >= 0.6 is 0 Å². The van der Waals surface area contributed by atoms with Crippen molar-refractivity contribution >= 4 is 5.91 Å². The van der Waals surface area contributed by atoms with E-state index in [2.05, 4.69) is 17.2 Å². The van der Waals surface area contributed by atoms with Crippen LogP contribution in [0.3, 0.4) is 0 Å². The molecular formula is C17H23N5O. The Hall–Kier alpha value is -2.21. The molecule has 0 saturated carbocycles. The monoisotopic (exact) mass is 313 g/mol. The van der Waals surface area contributed by atoms with E-state index in [9.17, 15) is 4.79 Å². The lowest BCUT2D eigenvalue weighted by molar-refractivity contribution is 0.0567. The molecule has 2 heterocycles. The Morgan fingerprint density at radius 2 is 2.26 bits per heavy atom. The summed E-state index contributed by atoms with van der Waals surface area (Å²) in [5.41, 5.74) is 8.26. The second-order valence-electron chi connectivity index (χ2n) is 6.40. The molecule has 0 bridgehead atoms. The second kappa shape index (κ2) is 6.50. The molecule has 23 heavy (non-hydrogen) atoms. The first kappa shape index (κ1) is 15.7. The summed E-state index contributed by atoms with van der Waals surface area (Å²) in [5, 5.41) is 8.16. The standard InChI is InChI=1S/C17H23N5O/c1-12-4-3-5-14(8-12)22-11-16(19-20-22)17(23)21-7-6-13(2)9-15(21)10-18/h3-5,8,11,13,15H,6-7,9-10,18H2,1-2H3. The van der Waals surface area contributed by atoms with Crippen LogP contribution in [-0.2, 0) is 0 Å². The van der Waals surface area contributed by atoms with Crippen molar-refractivity contribution in [2.75, 3.05) is 13.1 Å². The SMILES string of the molecule is Cc1cccc(-n2cc(C(=O)N3CCC(C)CC3CN)nn2)c1. The molecule has 1 fully saturated rings. The molecule has 1 aromatic heterocycles. The van der Waals surface area contributed by atoms with Crippen LogP contribution in [0.5, 0.6) is 0 Å². The van der Waals surface area contributed by atoms with Crippen LogP contribution in [0.25, 0.3) is 5.69 Å². The van der Waals surface area contributed by atoms with Gasteiger partial charge in [-0.05, 0) is 43.4 Å². The van der Waals surface area contributed by atoms with Crippen molar-refractivity contribution in [1.82, 2.24) is 19.9 Å². The minimum atomic E-state index is -0.0775. The van der Waals surface area contributed by atoms with Gasteiger partial charge < -0.3 is 10.6 Å². The van der Waals surface area contributed by atoms with Crippen LogP contribution in [0.1, 0.15) is 35.8 Å². The lowest BCUT2D eigenvalue weighted by atomic mass is 9.92.